The molecule has 3 rings (SSSR count). The van der Waals surface area contributed by atoms with E-state index in [0.29, 0.717) is 5.82 Å². The number of primary amides is 1. The zero-order valence-electron chi connectivity index (χ0n) is 13.2. The van der Waals surface area contributed by atoms with Crippen molar-refractivity contribution in [1.82, 2.24) is 29.5 Å². The quantitative estimate of drug-likeness (QED) is 0.882. The highest BCUT2D eigenvalue weighted by Gasteiger charge is 2.30. The molecule has 0 saturated heterocycles. The maximum Gasteiger partial charge on any atom is 0.225 e. The highest BCUT2D eigenvalue weighted by atomic mass is 16.1. The van der Waals surface area contributed by atoms with Gasteiger partial charge < -0.3 is 5.73 Å². The minimum Gasteiger partial charge on any atom is -0.369 e. The fraction of sp³-hybridized carbons (Fsp3) is 0.643. The third-order valence-corrected chi connectivity index (χ3v) is 3.81. The van der Waals surface area contributed by atoms with Gasteiger partial charge in [0.15, 0.2) is 5.82 Å². The highest BCUT2D eigenvalue weighted by Crippen LogP contribution is 2.29. The summed E-state index contributed by atoms with van der Waals surface area (Å²) < 4.78 is 3.83. The standard InChI is InChI=1S/C14H21N7O/c1-14(2,3)21-13(18-11(19-21)6-10(15)22)9-4-5-12-16-8-17-20(12)7-9/h8-9H,4-7H2,1-3H3,(H2,15,22). The van der Waals surface area contributed by atoms with Crippen molar-refractivity contribution in [1.29, 1.82) is 0 Å². The van der Waals surface area contributed by atoms with Crippen LogP contribution in [0.15, 0.2) is 6.33 Å². The Morgan fingerprint density at radius 3 is 2.91 bits per heavy atom. The summed E-state index contributed by atoms with van der Waals surface area (Å²) in [4.78, 5) is 20.0. The first kappa shape index (κ1) is 14.7. The van der Waals surface area contributed by atoms with Crippen LogP contribution in [0.4, 0.5) is 0 Å². The summed E-state index contributed by atoms with van der Waals surface area (Å²) in [5.41, 5.74) is 5.06. The van der Waals surface area contributed by atoms with Gasteiger partial charge in [0.1, 0.15) is 18.0 Å². The molecule has 0 spiro atoms. The number of nitrogens with two attached hydrogens (primary N) is 1. The molecule has 8 nitrogen and oxygen atoms in total. The molecule has 0 radical (unpaired) electrons. The number of amides is 1. The molecule has 2 aromatic rings. The molecule has 0 aromatic carbocycles. The van der Waals surface area contributed by atoms with Gasteiger partial charge in [-0.25, -0.2) is 19.3 Å². The van der Waals surface area contributed by atoms with Crippen LogP contribution < -0.4 is 5.73 Å². The topological polar surface area (TPSA) is 105 Å². The summed E-state index contributed by atoms with van der Waals surface area (Å²) in [6.45, 7) is 6.95. The fourth-order valence-corrected chi connectivity index (χ4v) is 2.81. The van der Waals surface area contributed by atoms with E-state index in [1.54, 1.807) is 6.33 Å². The molecule has 1 aliphatic heterocycles. The lowest BCUT2D eigenvalue weighted by molar-refractivity contribution is -0.117. The number of aryl methyl sites for hydroxylation is 1. The maximum absolute atomic E-state index is 11.2. The molecule has 0 saturated carbocycles. The molecule has 2 N–H and O–H groups in total. The Hall–Kier alpha value is -2.25. The van der Waals surface area contributed by atoms with Gasteiger partial charge in [0.05, 0.1) is 18.5 Å². The Balaban J connectivity index is 1.95. The molecule has 0 fully saturated rings. The first-order chi connectivity index (χ1) is 10.3. The number of fused-ring (bicyclic) bond motifs is 1. The van der Waals surface area contributed by atoms with Gasteiger partial charge in [0, 0.05) is 12.3 Å². The SMILES string of the molecule is CC(C)(C)n1nc(CC(N)=O)nc1C1CCc2ncnn2C1. The molecule has 0 aliphatic carbocycles. The Morgan fingerprint density at radius 2 is 2.23 bits per heavy atom. The van der Waals surface area contributed by atoms with Crippen LogP contribution in [0.5, 0.6) is 0 Å². The zero-order chi connectivity index (χ0) is 15.9. The first-order valence-electron chi connectivity index (χ1n) is 7.46. The van der Waals surface area contributed by atoms with Crippen molar-refractivity contribution in [2.24, 2.45) is 5.73 Å². The third kappa shape index (κ3) is 2.72. The molecule has 1 unspecified atom stereocenters. The second-order valence-electron chi connectivity index (χ2n) is 6.71. The van der Waals surface area contributed by atoms with E-state index in [1.165, 1.54) is 0 Å². The van der Waals surface area contributed by atoms with E-state index in [0.717, 1.165) is 31.0 Å². The van der Waals surface area contributed by atoms with Crippen LogP contribution in [0.1, 0.15) is 50.6 Å². The maximum atomic E-state index is 11.2. The van der Waals surface area contributed by atoms with Crippen molar-refractivity contribution in [2.75, 3.05) is 0 Å². The number of carbonyl (C=O) groups is 1. The van der Waals surface area contributed by atoms with E-state index in [2.05, 4.69) is 40.9 Å². The molecule has 22 heavy (non-hydrogen) atoms. The van der Waals surface area contributed by atoms with Gasteiger partial charge in [-0.1, -0.05) is 0 Å². The van der Waals surface area contributed by atoms with Crippen molar-refractivity contribution < 1.29 is 4.79 Å². The summed E-state index contributed by atoms with van der Waals surface area (Å²) in [5, 5.41) is 8.75. The van der Waals surface area contributed by atoms with E-state index < -0.39 is 5.91 Å². The van der Waals surface area contributed by atoms with Gasteiger partial charge in [0.25, 0.3) is 0 Å². The van der Waals surface area contributed by atoms with Gasteiger partial charge in [-0.2, -0.15) is 10.2 Å². The average Bonchev–Trinajstić information content (AvgIpc) is 3.02. The normalized spacial score (nSPS) is 18.2. The fourth-order valence-electron chi connectivity index (χ4n) is 2.81. The largest absolute Gasteiger partial charge is 0.369 e. The molecule has 1 amide bonds. The first-order valence-corrected chi connectivity index (χ1v) is 7.46. The Labute approximate surface area is 128 Å². The predicted octanol–water partition coefficient (Wildman–Crippen LogP) is 0.382. The Bertz CT molecular complexity index is 694. The van der Waals surface area contributed by atoms with Crippen LogP contribution in [0, 0.1) is 0 Å². The van der Waals surface area contributed by atoms with Gasteiger partial charge in [-0.05, 0) is 27.2 Å². The number of hydrogen-bond acceptors (Lipinski definition) is 5. The highest BCUT2D eigenvalue weighted by molar-refractivity contribution is 5.75. The number of aromatic nitrogens is 6. The summed E-state index contributed by atoms with van der Waals surface area (Å²) >= 11 is 0. The van der Waals surface area contributed by atoms with E-state index in [9.17, 15) is 4.79 Å². The van der Waals surface area contributed by atoms with E-state index in [1.807, 2.05) is 9.36 Å². The number of hydrogen-bond donors (Lipinski definition) is 1. The summed E-state index contributed by atoms with van der Waals surface area (Å²) in [6.07, 6.45) is 3.47. The van der Waals surface area contributed by atoms with Crippen molar-refractivity contribution in [3.05, 3.63) is 23.8 Å². The molecule has 0 bridgehead atoms. The van der Waals surface area contributed by atoms with E-state index in [4.69, 9.17) is 5.73 Å². The van der Waals surface area contributed by atoms with Gasteiger partial charge in [0.2, 0.25) is 5.91 Å². The van der Waals surface area contributed by atoms with Gasteiger partial charge in [-0.15, -0.1) is 0 Å². The molecule has 1 atom stereocenters. The van der Waals surface area contributed by atoms with Crippen LogP contribution in [-0.2, 0) is 29.7 Å². The molecule has 1 aliphatic rings. The van der Waals surface area contributed by atoms with Crippen molar-refractivity contribution in [3.8, 4) is 0 Å². The van der Waals surface area contributed by atoms with E-state index >= 15 is 0 Å². The molecule has 118 valence electrons. The third-order valence-electron chi connectivity index (χ3n) is 3.81. The summed E-state index contributed by atoms with van der Waals surface area (Å²) in [6, 6.07) is 0. The van der Waals surface area contributed by atoms with Gasteiger partial charge >= 0.3 is 0 Å². The molecular formula is C14H21N7O. The van der Waals surface area contributed by atoms with E-state index in [-0.39, 0.29) is 17.9 Å². The average molecular weight is 303 g/mol. The number of nitrogens with zero attached hydrogens (tertiary/aromatic N) is 6. The van der Waals surface area contributed by atoms with Crippen molar-refractivity contribution in [2.45, 2.75) is 58.0 Å². The lowest BCUT2D eigenvalue weighted by Crippen LogP contribution is -2.30. The second kappa shape index (κ2) is 5.19. The molecular weight excluding hydrogens is 282 g/mol. The Kier molecular flexibility index (Phi) is 3.46. The number of carbonyl (C=O) groups excluding carboxylic acids is 1. The van der Waals surface area contributed by atoms with Crippen LogP contribution in [0.3, 0.4) is 0 Å². The van der Waals surface area contributed by atoms with Crippen LogP contribution in [0.25, 0.3) is 0 Å². The van der Waals surface area contributed by atoms with Crippen molar-refractivity contribution in [3.63, 3.8) is 0 Å². The smallest absolute Gasteiger partial charge is 0.225 e. The minimum absolute atomic E-state index is 0.0668. The lowest BCUT2D eigenvalue weighted by atomic mass is 9.97. The monoisotopic (exact) mass is 303 g/mol. The molecule has 3 heterocycles. The summed E-state index contributed by atoms with van der Waals surface area (Å²) in [5.74, 6) is 2.18. The number of rotatable bonds is 3. The van der Waals surface area contributed by atoms with Gasteiger partial charge in [-0.3, -0.25) is 4.79 Å². The van der Waals surface area contributed by atoms with Crippen LogP contribution in [0.2, 0.25) is 0 Å². The summed E-state index contributed by atoms with van der Waals surface area (Å²) in [7, 11) is 0. The minimum atomic E-state index is -0.417. The van der Waals surface area contributed by atoms with Crippen LogP contribution >= 0.6 is 0 Å². The van der Waals surface area contributed by atoms with Crippen LogP contribution in [-0.4, -0.2) is 35.4 Å². The molecule has 8 heteroatoms. The zero-order valence-corrected chi connectivity index (χ0v) is 13.2. The Morgan fingerprint density at radius 1 is 1.45 bits per heavy atom. The molecule has 2 aromatic heterocycles. The van der Waals surface area contributed by atoms with Crippen molar-refractivity contribution >= 4 is 5.91 Å². The second-order valence-corrected chi connectivity index (χ2v) is 6.71. The predicted molar refractivity (Wildman–Crippen MR) is 79.0 cm³/mol. The lowest BCUT2D eigenvalue weighted by Gasteiger charge is -2.27.